The Balaban J connectivity index is 2.60. The number of nitro benzene ring substituents is 1. The van der Waals surface area contributed by atoms with Crippen LogP contribution in [0, 0.1) is 10.1 Å². The summed E-state index contributed by atoms with van der Waals surface area (Å²) in [7, 11) is -3.99. The Kier molecular flexibility index (Phi) is 4.38. The predicted molar refractivity (Wildman–Crippen MR) is 85.4 cm³/mol. The molecule has 0 bridgehead atoms. The minimum atomic E-state index is -3.99. The van der Waals surface area contributed by atoms with Crippen molar-refractivity contribution in [2.75, 3.05) is 5.32 Å². The second-order valence-electron chi connectivity index (χ2n) is 4.25. The first-order chi connectivity index (χ1) is 10.3. The first-order valence-corrected chi connectivity index (χ1v) is 7.86. The molecule has 0 aliphatic carbocycles. The Morgan fingerprint density at radius 3 is 2.36 bits per heavy atom. The molecule has 0 amide bonds. The zero-order valence-electron chi connectivity index (χ0n) is 11.1. The molecule has 2 aromatic carbocycles. The van der Waals surface area contributed by atoms with Gasteiger partial charge in [-0.25, -0.2) is 8.42 Å². The fourth-order valence-corrected chi connectivity index (χ4v) is 3.38. The van der Waals surface area contributed by atoms with Gasteiger partial charge >= 0.3 is 0 Å². The van der Waals surface area contributed by atoms with E-state index in [1.807, 2.05) is 0 Å². The lowest BCUT2D eigenvalue weighted by Crippen LogP contribution is -2.19. The normalized spacial score (nSPS) is 10.9. The molecule has 22 heavy (non-hydrogen) atoms. The topological polar surface area (TPSA) is 115 Å². The molecule has 0 fully saturated rings. The Hall–Kier alpha value is -2.52. The highest BCUT2D eigenvalue weighted by Gasteiger charge is 2.27. The fourth-order valence-electron chi connectivity index (χ4n) is 1.83. The van der Waals surface area contributed by atoms with Crippen molar-refractivity contribution in [3.63, 3.8) is 0 Å². The first-order valence-electron chi connectivity index (χ1n) is 5.97. The van der Waals surface area contributed by atoms with E-state index in [9.17, 15) is 18.5 Å². The lowest BCUT2D eigenvalue weighted by atomic mass is 10.3. The van der Waals surface area contributed by atoms with Gasteiger partial charge in [0.2, 0.25) is 9.84 Å². The maximum absolute atomic E-state index is 12.5. The number of thiocarbonyl (C=S) groups is 1. The van der Waals surface area contributed by atoms with E-state index in [-0.39, 0.29) is 15.7 Å². The second kappa shape index (κ2) is 6.08. The quantitative estimate of drug-likeness (QED) is 0.498. The minimum Gasteiger partial charge on any atom is -0.376 e. The van der Waals surface area contributed by atoms with Gasteiger partial charge < -0.3 is 11.1 Å². The molecule has 3 N–H and O–H groups in total. The highest BCUT2D eigenvalue weighted by atomic mass is 32.2. The number of nitrogens with one attached hydrogen (secondary N) is 1. The van der Waals surface area contributed by atoms with E-state index < -0.39 is 25.3 Å². The summed E-state index contributed by atoms with van der Waals surface area (Å²) >= 11 is 4.65. The molecule has 0 aromatic heterocycles. The number of anilines is 1. The summed E-state index contributed by atoms with van der Waals surface area (Å²) in [5.74, 6) is 0. The van der Waals surface area contributed by atoms with Gasteiger partial charge in [-0.1, -0.05) is 18.2 Å². The molecular formula is C13H11N3O4S2. The molecule has 114 valence electrons. The monoisotopic (exact) mass is 337 g/mol. The van der Waals surface area contributed by atoms with Crippen molar-refractivity contribution in [3.8, 4) is 0 Å². The summed E-state index contributed by atoms with van der Waals surface area (Å²) in [5, 5.41) is 13.6. The molecule has 0 saturated heterocycles. The Bertz CT molecular complexity index is 836. The molecular weight excluding hydrogens is 326 g/mol. The Morgan fingerprint density at radius 1 is 1.18 bits per heavy atom. The number of nitro groups is 1. The molecule has 9 heteroatoms. The van der Waals surface area contributed by atoms with Crippen LogP contribution in [0.5, 0.6) is 0 Å². The predicted octanol–water partition coefficient (Wildman–Crippen LogP) is 2.08. The third-order valence-corrected chi connectivity index (χ3v) is 4.69. The van der Waals surface area contributed by atoms with Crippen LogP contribution in [0.25, 0.3) is 0 Å². The second-order valence-corrected chi connectivity index (χ2v) is 6.60. The van der Waals surface area contributed by atoms with Crippen molar-refractivity contribution in [2.24, 2.45) is 5.73 Å². The lowest BCUT2D eigenvalue weighted by Gasteiger charge is -2.08. The van der Waals surface area contributed by atoms with Crippen LogP contribution in [0.2, 0.25) is 0 Å². The third kappa shape index (κ3) is 3.21. The van der Waals surface area contributed by atoms with E-state index in [2.05, 4.69) is 17.5 Å². The molecule has 0 radical (unpaired) electrons. The summed E-state index contributed by atoms with van der Waals surface area (Å²) in [6.07, 6.45) is 0. The molecule has 0 spiro atoms. The molecule has 0 heterocycles. The number of sulfone groups is 1. The Morgan fingerprint density at radius 2 is 1.82 bits per heavy atom. The van der Waals surface area contributed by atoms with Gasteiger partial charge in [0.1, 0.15) is 4.90 Å². The van der Waals surface area contributed by atoms with Gasteiger partial charge in [-0.2, -0.15) is 0 Å². The van der Waals surface area contributed by atoms with Gasteiger partial charge in [0, 0.05) is 11.8 Å². The first kappa shape index (κ1) is 15.9. The molecule has 2 rings (SSSR count). The van der Waals surface area contributed by atoms with Gasteiger partial charge in [0.05, 0.1) is 9.82 Å². The highest BCUT2D eigenvalue weighted by Crippen LogP contribution is 2.31. The van der Waals surface area contributed by atoms with Gasteiger partial charge in [-0.3, -0.25) is 10.1 Å². The molecule has 0 aliphatic heterocycles. The van der Waals surface area contributed by atoms with Crippen LogP contribution in [0.1, 0.15) is 0 Å². The lowest BCUT2D eigenvalue weighted by molar-refractivity contribution is -0.387. The highest BCUT2D eigenvalue weighted by molar-refractivity contribution is 7.91. The van der Waals surface area contributed by atoms with E-state index in [4.69, 9.17) is 5.73 Å². The van der Waals surface area contributed by atoms with E-state index >= 15 is 0 Å². The van der Waals surface area contributed by atoms with Crippen LogP contribution in [-0.2, 0) is 9.84 Å². The van der Waals surface area contributed by atoms with Crippen LogP contribution < -0.4 is 11.1 Å². The van der Waals surface area contributed by atoms with Crippen molar-refractivity contribution in [3.05, 3.63) is 58.6 Å². The van der Waals surface area contributed by atoms with Crippen molar-refractivity contribution >= 4 is 38.5 Å². The van der Waals surface area contributed by atoms with Gasteiger partial charge in [-0.05, 0) is 36.5 Å². The van der Waals surface area contributed by atoms with E-state index in [1.165, 1.54) is 18.2 Å². The number of nitrogens with two attached hydrogens (primary N) is 1. The summed E-state index contributed by atoms with van der Waals surface area (Å²) in [6.45, 7) is 0. The smallest absolute Gasteiger partial charge is 0.290 e. The average molecular weight is 337 g/mol. The molecule has 0 aliphatic rings. The fraction of sp³-hybridized carbons (Fsp3) is 0. The van der Waals surface area contributed by atoms with Gasteiger partial charge in [-0.15, -0.1) is 0 Å². The average Bonchev–Trinajstić information content (AvgIpc) is 2.47. The Labute approximate surface area is 131 Å². The van der Waals surface area contributed by atoms with Crippen LogP contribution >= 0.6 is 12.2 Å². The zero-order chi connectivity index (χ0) is 16.3. The number of hydrogen-bond acceptors (Lipinski definition) is 5. The molecule has 0 atom stereocenters. The summed E-state index contributed by atoms with van der Waals surface area (Å²) < 4.78 is 25.0. The number of benzene rings is 2. The maximum atomic E-state index is 12.5. The van der Waals surface area contributed by atoms with E-state index in [0.29, 0.717) is 0 Å². The van der Waals surface area contributed by atoms with Crippen molar-refractivity contribution < 1.29 is 13.3 Å². The minimum absolute atomic E-state index is 0.0202. The molecule has 7 nitrogen and oxygen atoms in total. The largest absolute Gasteiger partial charge is 0.376 e. The van der Waals surface area contributed by atoms with Crippen LogP contribution in [-0.4, -0.2) is 18.5 Å². The number of hydrogen-bond donors (Lipinski definition) is 2. The third-order valence-electron chi connectivity index (χ3n) is 2.77. The van der Waals surface area contributed by atoms with Crippen molar-refractivity contribution in [1.82, 2.24) is 0 Å². The van der Waals surface area contributed by atoms with Crippen LogP contribution in [0.3, 0.4) is 0 Å². The summed E-state index contributed by atoms with van der Waals surface area (Å²) in [6, 6.07) is 11.1. The van der Waals surface area contributed by atoms with Crippen molar-refractivity contribution in [2.45, 2.75) is 9.79 Å². The van der Waals surface area contributed by atoms with Crippen molar-refractivity contribution in [1.29, 1.82) is 0 Å². The zero-order valence-corrected chi connectivity index (χ0v) is 12.7. The molecule has 0 unspecified atom stereocenters. The molecule has 0 saturated carbocycles. The van der Waals surface area contributed by atoms with Crippen LogP contribution in [0.4, 0.5) is 11.4 Å². The van der Waals surface area contributed by atoms with Gasteiger partial charge in [0.15, 0.2) is 5.11 Å². The van der Waals surface area contributed by atoms with E-state index in [1.54, 1.807) is 18.2 Å². The van der Waals surface area contributed by atoms with E-state index in [0.717, 1.165) is 12.1 Å². The standard InChI is InChI=1S/C13H11N3O4S2/c14-13(21)15-9-6-7-12(11(8-9)16(17)18)22(19,20)10-4-2-1-3-5-10/h1-8H,(H3,14,15,21). The summed E-state index contributed by atoms with van der Waals surface area (Å²) in [5.41, 5.74) is 4.99. The number of rotatable bonds is 4. The SMILES string of the molecule is NC(=S)Nc1ccc(S(=O)(=O)c2ccccc2)c([N+](=O)[O-])c1. The molecule has 2 aromatic rings. The summed E-state index contributed by atoms with van der Waals surface area (Å²) in [4.78, 5) is 10.0. The van der Waals surface area contributed by atoms with Crippen LogP contribution in [0.15, 0.2) is 58.3 Å². The van der Waals surface area contributed by atoms with Gasteiger partial charge in [0.25, 0.3) is 5.69 Å². The maximum Gasteiger partial charge on any atom is 0.290 e. The number of nitrogens with zero attached hydrogens (tertiary/aromatic N) is 1.